The minimum atomic E-state index is -1.99. The second-order valence-electron chi connectivity index (χ2n) is 30.3. The first-order valence-electron chi connectivity index (χ1n) is 41.7. The summed E-state index contributed by atoms with van der Waals surface area (Å²) in [5.74, 6) is -3.39. The van der Waals surface area contributed by atoms with Gasteiger partial charge in [-0.3, -0.25) is 24.5 Å². The average Bonchev–Trinajstić information content (AvgIpc) is 0.756. The fourth-order valence-electron chi connectivity index (χ4n) is 15.1. The van der Waals surface area contributed by atoms with E-state index in [1.54, 1.807) is 12.1 Å². The summed E-state index contributed by atoms with van der Waals surface area (Å²) in [5, 5.41) is 14.5. The first-order valence-corrected chi connectivity index (χ1v) is 41.7. The van der Waals surface area contributed by atoms with Crippen molar-refractivity contribution in [3.05, 3.63) is 323 Å². The third-order valence-corrected chi connectivity index (χ3v) is 20.9. The van der Waals surface area contributed by atoms with Crippen molar-refractivity contribution in [2.75, 3.05) is 33.2 Å². The molecule has 4 fully saturated rings. The van der Waals surface area contributed by atoms with Gasteiger partial charge in [0.2, 0.25) is 0 Å². The van der Waals surface area contributed by atoms with Gasteiger partial charge >= 0.3 is 30.0 Å². The van der Waals surface area contributed by atoms with E-state index in [2.05, 4.69) is 5.32 Å². The molecule has 0 aliphatic carbocycles. The van der Waals surface area contributed by atoms with Gasteiger partial charge in [-0.15, -0.1) is 0 Å². The zero-order valence-corrected chi connectivity index (χ0v) is 70.0. The lowest BCUT2D eigenvalue weighted by atomic mass is 9.94. The van der Waals surface area contributed by atoms with Crippen molar-refractivity contribution in [1.29, 1.82) is 0 Å². The molecule has 4 saturated heterocycles. The van der Waals surface area contributed by atoms with E-state index in [4.69, 9.17) is 99.5 Å². The Kier molecular flexibility index (Phi) is 35.6. The summed E-state index contributed by atoms with van der Waals surface area (Å²) in [4.78, 5) is 70.7. The number of esters is 4. The molecule has 28 heteroatoms. The quantitative estimate of drug-likeness (QED) is 0.0204. The largest absolute Gasteiger partial charge is 0.457 e. The van der Waals surface area contributed by atoms with E-state index in [0.29, 0.717) is 22.3 Å². The Bertz CT molecular complexity index is 4660. The number of ether oxygens (including phenoxy) is 21. The monoisotopic (exact) mass is 1720 g/mol. The van der Waals surface area contributed by atoms with Crippen LogP contribution >= 0.6 is 0 Å². The number of aliphatic hydroxyl groups is 1. The molecule has 9 aromatic carbocycles. The molecule has 4 aliphatic heterocycles. The summed E-state index contributed by atoms with van der Waals surface area (Å²) >= 11 is 0. The molecule has 662 valence electrons. The third kappa shape index (κ3) is 27.7. The molecule has 20 atom stereocenters. The summed E-state index contributed by atoms with van der Waals surface area (Å²) in [7, 11) is 0. The Labute approximate surface area is 726 Å². The molecule has 4 aliphatic rings. The molecule has 4 heterocycles. The minimum Gasteiger partial charge on any atom is -0.457 e. The highest BCUT2D eigenvalue weighted by molar-refractivity contribution is 5.68. The Morgan fingerprint density at radius 2 is 0.504 bits per heavy atom. The van der Waals surface area contributed by atoms with Crippen molar-refractivity contribution in [2.24, 2.45) is 0 Å². The van der Waals surface area contributed by atoms with Crippen LogP contribution in [0.1, 0.15) is 77.8 Å². The van der Waals surface area contributed by atoms with Crippen molar-refractivity contribution < 1.29 is 129 Å². The summed E-state index contributed by atoms with van der Waals surface area (Å²) < 4.78 is 144. The van der Waals surface area contributed by atoms with Gasteiger partial charge in [0.1, 0.15) is 74.4 Å². The van der Waals surface area contributed by atoms with E-state index in [9.17, 15) is 29.1 Å². The SMILES string of the molecule is CC(=O)OC1C(OC(C)=O)[C@@H](OCc2ccccc2)C(COCc2ccccc2)O[C@@H]1OC1C(OC(C)=O)[C@@H](OCc2ccccc2)C(COCc2ccccc2)O[C@@H]1OC1C(OC(C)=O)[C@@H](OCc2ccccc2)C(COCc2ccccc2)O[C@@H]1O[C@@H]1C(OCc2ccccc2)[C@@H](OCNC(=O)OCc2ccccc2)OC(CO)[C@H]1OCc1ccccc1. The second-order valence-corrected chi connectivity index (χ2v) is 30.3. The molecule has 0 radical (unpaired) electrons. The van der Waals surface area contributed by atoms with Crippen LogP contribution in [0.2, 0.25) is 0 Å². The number of carbonyl (C=O) groups is 5. The molecular formula is C97H107NO27. The van der Waals surface area contributed by atoms with Gasteiger partial charge in [0.25, 0.3) is 0 Å². The van der Waals surface area contributed by atoms with Crippen LogP contribution in [0.4, 0.5) is 4.79 Å². The van der Waals surface area contributed by atoms with Crippen molar-refractivity contribution in [2.45, 2.75) is 210 Å². The fourth-order valence-corrected chi connectivity index (χ4v) is 15.1. The van der Waals surface area contributed by atoms with E-state index in [0.717, 1.165) is 34.7 Å². The number of hydrogen-bond donors (Lipinski definition) is 2. The van der Waals surface area contributed by atoms with Crippen molar-refractivity contribution in [1.82, 2.24) is 5.32 Å². The molecule has 0 bridgehead atoms. The van der Waals surface area contributed by atoms with E-state index < -0.39 is 166 Å². The first kappa shape index (κ1) is 92.1. The number of alkyl carbamates (subject to hydrolysis) is 1. The molecule has 9 aromatic rings. The summed E-state index contributed by atoms with van der Waals surface area (Å²) in [6.07, 6.45) is -32.2. The topological polar surface area (TPSA) is 311 Å². The number of nitrogens with one attached hydrogen (secondary N) is 1. The predicted molar refractivity (Wildman–Crippen MR) is 448 cm³/mol. The van der Waals surface area contributed by atoms with Gasteiger partial charge in [-0.2, -0.15) is 0 Å². The van der Waals surface area contributed by atoms with Crippen LogP contribution in [0, 0.1) is 0 Å². The molecule has 1 amide bonds. The lowest BCUT2D eigenvalue weighted by Crippen LogP contribution is -2.69. The highest BCUT2D eigenvalue weighted by Gasteiger charge is 2.61. The average molecular weight is 1720 g/mol. The van der Waals surface area contributed by atoms with Gasteiger partial charge in [0.05, 0.1) is 79.3 Å². The molecule has 11 unspecified atom stereocenters. The molecule has 28 nitrogen and oxygen atoms in total. The van der Waals surface area contributed by atoms with Gasteiger partial charge in [-0.25, -0.2) is 4.79 Å². The first-order chi connectivity index (χ1) is 61.1. The fraction of sp³-hybridized carbons (Fsp3) is 0.392. The Morgan fingerprint density at radius 3 is 0.800 bits per heavy atom. The number of carbonyl (C=O) groups excluding carboxylic acids is 5. The maximum atomic E-state index is 14.6. The zero-order chi connectivity index (χ0) is 86.9. The molecule has 0 saturated carbocycles. The van der Waals surface area contributed by atoms with E-state index in [-0.39, 0.29) is 79.3 Å². The van der Waals surface area contributed by atoms with Crippen LogP contribution in [-0.4, -0.2) is 191 Å². The number of amides is 1. The standard InChI is InChI=1S/C97H107NO27/c1-64(100)115-86-82(109-55-72-40-22-9-23-41-72)78(60-105-51-68-32-14-5-15-33-68)120-94(90(86)118-67(4)103)124-92-88(117-66(3)102)84(111-57-74-44-26-11-27-45-74)80(62-107-53-70-36-18-7-19-37-70)122-96(92)125-91-87(116-65(2)101)83(110-56-73-42-24-10-25-43-73)79(61-106-52-69-34-16-6-17-35-69)121-95(91)123-85-81(108-54-71-38-20-8-21-39-71)77(50-99)119-93(89(85)112-58-75-46-28-12-29-47-75)114-63-98-97(104)113-59-76-48-30-13-31-49-76/h5-49,77-96,99H,50-63H2,1-4H3,(H,98,104)/t77?,78?,79?,80?,81-,82+,83+,84+,85+,86?,87?,88?,89?,90?,91?,92?,93+,94-,95-,96-/m1/s1. The number of benzene rings is 9. The molecular weight excluding hydrogens is 1610 g/mol. The van der Waals surface area contributed by atoms with Crippen LogP contribution in [0.15, 0.2) is 273 Å². The molecule has 0 aromatic heterocycles. The molecule has 125 heavy (non-hydrogen) atoms. The Balaban J connectivity index is 0.978. The third-order valence-electron chi connectivity index (χ3n) is 20.9. The van der Waals surface area contributed by atoms with Gasteiger partial charge in [0, 0.05) is 27.7 Å². The highest BCUT2D eigenvalue weighted by Crippen LogP contribution is 2.42. The van der Waals surface area contributed by atoms with Gasteiger partial charge in [-0.1, -0.05) is 273 Å². The number of rotatable bonds is 43. The smallest absolute Gasteiger partial charge is 0.409 e. The van der Waals surface area contributed by atoms with Crippen LogP contribution in [-0.2, 0) is 178 Å². The lowest BCUT2D eigenvalue weighted by Gasteiger charge is -2.52. The van der Waals surface area contributed by atoms with Crippen molar-refractivity contribution in [3.63, 3.8) is 0 Å². The van der Waals surface area contributed by atoms with Crippen LogP contribution in [0.25, 0.3) is 0 Å². The number of hydrogen-bond acceptors (Lipinski definition) is 27. The minimum absolute atomic E-state index is 0.0314. The summed E-state index contributed by atoms with van der Waals surface area (Å²) in [6.45, 7) is 2.14. The van der Waals surface area contributed by atoms with E-state index in [1.165, 1.54) is 20.8 Å². The van der Waals surface area contributed by atoms with E-state index >= 15 is 0 Å². The maximum Gasteiger partial charge on any atom is 0.409 e. The van der Waals surface area contributed by atoms with Crippen LogP contribution in [0.5, 0.6) is 0 Å². The normalized spacial score (nSPS) is 26.0. The second kappa shape index (κ2) is 48.2. The Morgan fingerprint density at radius 1 is 0.264 bits per heavy atom. The van der Waals surface area contributed by atoms with Crippen LogP contribution < -0.4 is 5.32 Å². The van der Waals surface area contributed by atoms with Gasteiger partial charge in [-0.05, 0) is 50.1 Å². The van der Waals surface area contributed by atoms with E-state index in [1.807, 2.05) is 261 Å². The highest BCUT2D eigenvalue weighted by atomic mass is 16.8. The summed E-state index contributed by atoms with van der Waals surface area (Å²) in [6, 6.07) is 83.3. The Hall–Kier alpha value is -10.6. The van der Waals surface area contributed by atoms with Crippen molar-refractivity contribution >= 4 is 30.0 Å². The zero-order valence-electron chi connectivity index (χ0n) is 70.0. The lowest BCUT2D eigenvalue weighted by molar-refractivity contribution is -0.410. The van der Waals surface area contributed by atoms with Crippen molar-refractivity contribution in [3.8, 4) is 0 Å². The van der Waals surface area contributed by atoms with Gasteiger partial charge < -0.3 is 105 Å². The molecule has 2 N–H and O–H groups in total. The number of aliphatic hydroxyl groups excluding tert-OH is 1. The van der Waals surface area contributed by atoms with Gasteiger partial charge in [0.15, 0.2) is 61.8 Å². The summed E-state index contributed by atoms with van der Waals surface area (Å²) in [5.41, 5.74) is 6.60. The molecule has 13 rings (SSSR count). The predicted octanol–water partition coefficient (Wildman–Crippen LogP) is 12.2. The maximum absolute atomic E-state index is 14.6. The molecule has 0 spiro atoms. The van der Waals surface area contributed by atoms with Crippen LogP contribution in [0.3, 0.4) is 0 Å².